The molecule has 0 amide bonds. The van der Waals surface area contributed by atoms with Gasteiger partial charge in [-0.2, -0.15) is 0 Å². The first-order valence-corrected chi connectivity index (χ1v) is 2.83. The van der Waals surface area contributed by atoms with Crippen LogP contribution in [0.5, 0.6) is 0 Å². The molecule has 0 radical (unpaired) electrons. The first-order chi connectivity index (χ1) is 4.70. The van der Waals surface area contributed by atoms with Gasteiger partial charge in [0.05, 0.1) is 0 Å². The molecule has 1 aromatic rings. The summed E-state index contributed by atoms with van der Waals surface area (Å²) in [7, 11) is 0. The van der Waals surface area contributed by atoms with Gasteiger partial charge in [-0.05, 0) is 0 Å². The predicted molar refractivity (Wildman–Crippen MR) is 34.0 cm³/mol. The fourth-order valence-electron chi connectivity index (χ4n) is 0.667. The number of aromatic nitrogens is 1. The first-order valence-electron chi connectivity index (χ1n) is 2.83. The minimum absolute atomic E-state index is 0. The van der Waals surface area contributed by atoms with E-state index in [1.54, 1.807) is 23.9 Å². The molecular formula is C6H3Li2NO2. The number of aromatic carboxylic acids is 1. The van der Waals surface area contributed by atoms with Gasteiger partial charge in [0.25, 0.3) is 0 Å². The number of rotatable bonds is 1. The van der Waals surface area contributed by atoms with Crippen LogP contribution in [-0.4, -0.2) is 28.7 Å². The Hall–Kier alpha value is -0.185. The quantitative estimate of drug-likeness (QED) is 0.363. The number of carbonyl (C=O) groups is 1. The van der Waals surface area contributed by atoms with Gasteiger partial charge in [-0.15, -0.1) is 0 Å². The van der Waals surface area contributed by atoms with Crippen LogP contribution >= 0.6 is 0 Å². The van der Waals surface area contributed by atoms with Crippen molar-refractivity contribution in [3.05, 3.63) is 24.0 Å². The Morgan fingerprint density at radius 2 is 2.18 bits per heavy atom. The molecule has 5 heteroatoms. The molecule has 0 aliphatic heterocycles. The normalized spacial score (nSPS) is 8.55. The molecule has 0 aliphatic rings. The molecule has 0 fully saturated rings. The van der Waals surface area contributed by atoms with Crippen LogP contribution in [0, 0.1) is 0 Å². The van der Waals surface area contributed by atoms with Crippen molar-refractivity contribution in [3.63, 3.8) is 0 Å². The second-order valence-electron chi connectivity index (χ2n) is 2.04. The van der Waals surface area contributed by atoms with Crippen LogP contribution in [-0.2, 0) is 0 Å². The summed E-state index contributed by atoms with van der Waals surface area (Å²) in [4.78, 5) is 13.9. The molecule has 0 unspecified atom stereocenters. The summed E-state index contributed by atoms with van der Waals surface area (Å²) in [5, 5.41) is 10.2. The van der Waals surface area contributed by atoms with Crippen LogP contribution < -0.4 is 28.2 Å². The van der Waals surface area contributed by atoms with Gasteiger partial charge in [0.2, 0.25) is 0 Å². The van der Waals surface area contributed by atoms with E-state index < -0.39 is 5.97 Å². The van der Waals surface area contributed by atoms with Crippen LogP contribution in [0.3, 0.4) is 0 Å². The third-order valence-electron chi connectivity index (χ3n) is 1.11. The molecule has 0 saturated heterocycles. The molecule has 46 valence electrons. The Morgan fingerprint density at radius 3 is 2.55 bits per heavy atom. The fourth-order valence-corrected chi connectivity index (χ4v) is 0.667. The molecular weight excluding hydrogens is 132 g/mol. The van der Waals surface area contributed by atoms with E-state index in [1.165, 1.54) is 12.3 Å². The zero-order valence-corrected chi connectivity index (χ0v) is 6.50. The summed E-state index contributed by atoms with van der Waals surface area (Å²) in [6, 6.07) is 1.52. The number of carbonyl (C=O) groups excluding carboxylic acids is 1. The van der Waals surface area contributed by atoms with Crippen molar-refractivity contribution in [3.8, 4) is 0 Å². The average Bonchev–Trinajstić information content (AvgIpc) is 1.88. The molecule has 11 heavy (non-hydrogen) atoms. The molecule has 0 N–H and O–H groups in total. The zero-order valence-electron chi connectivity index (χ0n) is 6.50. The van der Waals surface area contributed by atoms with Crippen LogP contribution in [0.25, 0.3) is 0 Å². The number of pyridine rings is 1. The Bertz CT molecular complexity index is 265. The summed E-state index contributed by atoms with van der Waals surface area (Å²) < 4.78 is 0.821. The van der Waals surface area contributed by atoms with Crippen LogP contribution in [0.4, 0.5) is 0 Å². The van der Waals surface area contributed by atoms with Gasteiger partial charge in [-0.25, -0.2) is 0 Å². The number of hydrogen-bond donors (Lipinski definition) is 0. The number of hydrogen-bond acceptors (Lipinski definition) is 3. The third-order valence-corrected chi connectivity index (χ3v) is 1.11. The standard InChI is InChI=1S/C6H4NO2.2Li/c8-6(9)5-2-1-3-7-4-5;;/h2-4H,(H,8,9);;/q;;+1/p-1. The van der Waals surface area contributed by atoms with E-state index in [0.717, 1.165) is 4.24 Å². The van der Waals surface area contributed by atoms with E-state index in [-0.39, 0.29) is 24.4 Å². The predicted octanol–water partition coefficient (Wildman–Crippen LogP) is -4.76. The Balaban J connectivity index is 0.000001000. The van der Waals surface area contributed by atoms with Crippen LogP contribution in [0.2, 0.25) is 0 Å². The maximum absolute atomic E-state index is 10.2. The van der Waals surface area contributed by atoms with Crippen LogP contribution in [0.15, 0.2) is 18.5 Å². The van der Waals surface area contributed by atoms with Gasteiger partial charge in [0.1, 0.15) is 0 Å². The molecule has 3 nitrogen and oxygen atoms in total. The van der Waals surface area contributed by atoms with Crippen molar-refractivity contribution in [2.45, 2.75) is 0 Å². The summed E-state index contributed by atoms with van der Waals surface area (Å²) in [6.07, 6.45) is 2.86. The SMILES string of the molecule is [Li+].[Li][c]1cncc(C(=O)[O-])c1. The second-order valence-corrected chi connectivity index (χ2v) is 2.04. The zero-order chi connectivity index (χ0) is 7.56. The molecule has 1 heterocycles. The van der Waals surface area contributed by atoms with E-state index in [2.05, 4.69) is 4.98 Å². The third kappa shape index (κ3) is 3.14. The molecule has 0 spiro atoms. The summed E-state index contributed by atoms with van der Waals surface area (Å²) >= 11 is 1.78. The molecule has 0 bridgehead atoms. The van der Waals surface area contributed by atoms with Gasteiger partial charge in [-0.1, -0.05) is 0 Å². The molecule has 0 saturated carbocycles. The second kappa shape index (κ2) is 4.64. The van der Waals surface area contributed by atoms with Gasteiger partial charge >= 0.3 is 85.7 Å². The fraction of sp³-hybridized carbons (Fsp3) is 0. The van der Waals surface area contributed by atoms with Crippen molar-refractivity contribution in [1.82, 2.24) is 4.98 Å². The maximum atomic E-state index is 10.2. The average molecular weight is 135 g/mol. The first kappa shape index (κ1) is 10.8. The van der Waals surface area contributed by atoms with E-state index in [0.29, 0.717) is 0 Å². The Morgan fingerprint density at radius 1 is 1.55 bits per heavy atom. The van der Waals surface area contributed by atoms with Crippen molar-refractivity contribution in [1.29, 1.82) is 0 Å². The molecule has 0 aromatic carbocycles. The molecule has 0 aliphatic carbocycles. The van der Waals surface area contributed by atoms with Crippen molar-refractivity contribution in [2.24, 2.45) is 0 Å². The molecule has 0 atom stereocenters. The minimum atomic E-state index is -1.18. The summed E-state index contributed by atoms with van der Waals surface area (Å²) in [5.74, 6) is -1.18. The van der Waals surface area contributed by atoms with Crippen molar-refractivity contribution in [2.75, 3.05) is 0 Å². The molecule has 1 aromatic heterocycles. The van der Waals surface area contributed by atoms with E-state index in [4.69, 9.17) is 0 Å². The summed E-state index contributed by atoms with van der Waals surface area (Å²) in [6.45, 7) is 0. The summed E-state index contributed by atoms with van der Waals surface area (Å²) in [5.41, 5.74) is 0.125. The van der Waals surface area contributed by atoms with Crippen molar-refractivity contribution >= 4 is 27.9 Å². The van der Waals surface area contributed by atoms with Gasteiger partial charge in [0, 0.05) is 0 Å². The van der Waals surface area contributed by atoms with E-state index >= 15 is 0 Å². The molecule has 1 rings (SSSR count). The van der Waals surface area contributed by atoms with Crippen LogP contribution in [0.1, 0.15) is 10.4 Å². The number of carboxylic acids is 1. The van der Waals surface area contributed by atoms with E-state index in [1.807, 2.05) is 0 Å². The van der Waals surface area contributed by atoms with E-state index in [9.17, 15) is 9.90 Å². The monoisotopic (exact) mass is 135 g/mol. The van der Waals surface area contributed by atoms with Gasteiger partial charge in [-0.3, -0.25) is 0 Å². The topological polar surface area (TPSA) is 53.0 Å². The Labute approximate surface area is 85.6 Å². The van der Waals surface area contributed by atoms with Gasteiger partial charge < -0.3 is 0 Å². The Kier molecular flexibility index (Phi) is 4.57. The number of carboxylic acid groups (broad SMARTS) is 1. The van der Waals surface area contributed by atoms with Crippen molar-refractivity contribution < 1.29 is 28.8 Å². The van der Waals surface area contributed by atoms with Gasteiger partial charge in [0.15, 0.2) is 0 Å². The number of nitrogens with zero attached hydrogens (tertiary/aromatic N) is 1.